The van der Waals surface area contributed by atoms with Crippen LogP contribution in [-0.2, 0) is 4.79 Å². The van der Waals surface area contributed by atoms with E-state index in [-0.39, 0.29) is 24.0 Å². The van der Waals surface area contributed by atoms with Gasteiger partial charge in [-0.25, -0.2) is 9.97 Å². The number of hydrogen-bond donors (Lipinski definition) is 2. The summed E-state index contributed by atoms with van der Waals surface area (Å²) in [6.45, 7) is -0.279. The Bertz CT molecular complexity index is 1180. The van der Waals surface area contributed by atoms with Crippen LogP contribution in [0.2, 0.25) is 10.0 Å². The Morgan fingerprint density at radius 3 is 2.68 bits per heavy atom. The van der Waals surface area contributed by atoms with Crippen LogP contribution < -0.4 is 10.9 Å². The van der Waals surface area contributed by atoms with E-state index in [0.29, 0.717) is 45.7 Å². The van der Waals surface area contributed by atoms with E-state index >= 15 is 0 Å². The molecule has 0 saturated heterocycles. The summed E-state index contributed by atoms with van der Waals surface area (Å²) < 4.78 is 1.44. The van der Waals surface area contributed by atoms with Crippen LogP contribution in [0.4, 0.5) is 5.95 Å². The molecule has 1 saturated carbocycles. The number of halogens is 2. The van der Waals surface area contributed by atoms with Crippen LogP contribution in [0.1, 0.15) is 30.9 Å². The molecule has 7 nitrogen and oxygen atoms in total. The van der Waals surface area contributed by atoms with Gasteiger partial charge < -0.3 is 15.0 Å². The number of rotatable bonds is 6. The third-order valence-electron chi connectivity index (χ3n) is 5.32. The van der Waals surface area contributed by atoms with Crippen LogP contribution in [0.5, 0.6) is 0 Å². The second-order valence-corrected chi connectivity index (χ2v) is 8.24. The second-order valence-electron chi connectivity index (χ2n) is 7.42. The highest BCUT2D eigenvalue weighted by atomic mass is 35.5. The predicted molar refractivity (Wildman–Crippen MR) is 120 cm³/mol. The number of aliphatic hydroxyl groups is 1. The van der Waals surface area contributed by atoms with Crippen molar-refractivity contribution < 1.29 is 9.90 Å². The van der Waals surface area contributed by atoms with Gasteiger partial charge in [0.05, 0.1) is 28.4 Å². The first-order chi connectivity index (χ1) is 14.9. The van der Waals surface area contributed by atoms with Gasteiger partial charge in [-0.2, -0.15) is 0 Å². The highest BCUT2D eigenvalue weighted by Crippen LogP contribution is 2.27. The summed E-state index contributed by atoms with van der Waals surface area (Å²) in [6.07, 6.45) is 5.03. The van der Waals surface area contributed by atoms with Crippen molar-refractivity contribution >= 4 is 34.9 Å². The summed E-state index contributed by atoms with van der Waals surface area (Å²) in [6, 6.07) is 9.37. The molecular weight excluding hydrogens is 439 g/mol. The molecule has 160 valence electrons. The number of aliphatic hydroxyl groups excluding tert-OH is 1. The number of pyridine rings is 1. The number of ketones is 1. The average Bonchev–Trinajstić information content (AvgIpc) is 3.17. The minimum absolute atomic E-state index is 0.0345. The largest absolute Gasteiger partial charge is 0.394 e. The third kappa shape index (κ3) is 4.79. The molecule has 2 aromatic heterocycles. The Kier molecular flexibility index (Phi) is 6.36. The number of benzene rings is 1. The minimum atomic E-state index is -0.598. The van der Waals surface area contributed by atoms with Gasteiger partial charge >= 0.3 is 0 Å². The minimum Gasteiger partial charge on any atom is -0.394 e. The van der Waals surface area contributed by atoms with E-state index in [1.54, 1.807) is 42.7 Å². The van der Waals surface area contributed by atoms with E-state index in [1.165, 1.54) is 10.6 Å². The Morgan fingerprint density at radius 2 is 2.00 bits per heavy atom. The van der Waals surface area contributed by atoms with Crippen LogP contribution in [0, 0.1) is 0 Å². The molecule has 4 rings (SSSR count). The molecule has 1 fully saturated rings. The molecule has 0 radical (unpaired) electrons. The maximum absolute atomic E-state index is 12.8. The molecule has 3 aromatic rings. The lowest BCUT2D eigenvalue weighted by Crippen LogP contribution is -2.26. The number of anilines is 1. The van der Waals surface area contributed by atoms with Crippen molar-refractivity contribution in [2.75, 3.05) is 11.9 Å². The molecule has 9 heteroatoms. The van der Waals surface area contributed by atoms with Gasteiger partial charge in [-0.05, 0) is 36.2 Å². The van der Waals surface area contributed by atoms with Crippen molar-refractivity contribution in [2.24, 2.45) is 0 Å². The van der Waals surface area contributed by atoms with E-state index in [0.717, 1.165) is 6.42 Å². The van der Waals surface area contributed by atoms with E-state index in [2.05, 4.69) is 15.3 Å². The smallest absolute Gasteiger partial charge is 0.251 e. The summed E-state index contributed by atoms with van der Waals surface area (Å²) in [5.74, 6) is 0.656. The standard InChI is InChI=1S/C22H20Cl2N4O3/c23-17-4-1-14(9-18(17)24)20(12-29)28-8-6-13(10-21(28)31)19-5-7-25-22(27-19)26-15-2-3-16(30)11-15/h1,4-10,15,20,29H,2-3,11-12H2,(H,25,26,27)/t15-,20+/m0/s1. The van der Waals surface area contributed by atoms with Crippen molar-refractivity contribution in [3.05, 3.63) is 74.8 Å². The first-order valence-electron chi connectivity index (χ1n) is 9.84. The number of hydrogen-bond acceptors (Lipinski definition) is 6. The van der Waals surface area contributed by atoms with E-state index < -0.39 is 6.04 Å². The predicted octanol–water partition coefficient (Wildman–Crippen LogP) is 3.73. The molecule has 2 heterocycles. The molecule has 1 aliphatic rings. The summed E-state index contributed by atoms with van der Waals surface area (Å²) >= 11 is 12.1. The van der Waals surface area contributed by atoms with Crippen molar-refractivity contribution in [2.45, 2.75) is 31.3 Å². The average molecular weight is 459 g/mol. The fraction of sp³-hybridized carbons (Fsp3) is 0.273. The molecular formula is C22H20Cl2N4O3. The van der Waals surface area contributed by atoms with Crippen LogP contribution in [0.25, 0.3) is 11.3 Å². The summed E-state index contributed by atoms with van der Waals surface area (Å²) in [7, 11) is 0. The molecule has 0 amide bonds. The zero-order chi connectivity index (χ0) is 22.0. The van der Waals surface area contributed by atoms with Gasteiger partial charge in [-0.15, -0.1) is 0 Å². The molecule has 0 bridgehead atoms. The highest BCUT2D eigenvalue weighted by Gasteiger charge is 2.22. The number of carbonyl (C=O) groups excluding carboxylic acids is 1. The topological polar surface area (TPSA) is 97.1 Å². The summed E-state index contributed by atoms with van der Waals surface area (Å²) in [4.78, 5) is 33.0. The Balaban J connectivity index is 1.59. The summed E-state index contributed by atoms with van der Waals surface area (Å²) in [5.41, 5.74) is 1.59. The van der Waals surface area contributed by atoms with Gasteiger partial charge in [0.2, 0.25) is 5.95 Å². The van der Waals surface area contributed by atoms with Crippen LogP contribution in [0.3, 0.4) is 0 Å². The van der Waals surface area contributed by atoms with E-state index in [4.69, 9.17) is 23.2 Å². The number of nitrogens with one attached hydrogen (secondary N) is 1. The second kappa shape index (κ2) is 9.18. The van der Waals surface area contributed by atoms with Crippen LogP contribution in [0.15, 0.2) is 53.6 Å². The maximum atomic E-state index is 12.8. The molecule has 0 unspecified atom stereocenters. The van der Waals surface area contributed by atoms with Crippen LogP contribution >= 0.6 is 23.2 Å². The molecule has 31 heavy (non-hydrogen) atoms. The maximum Gasteiger partial charge on any atom is 0.251 e. The van der Waals surface area contributed by atoms with E-state index in [1.807, 2.05) is 0 Å². The Labute approximate surface area is 188 Å². The van der Waals surface area contributed by atoms with Crippen LogP contribution in [-0.4, -0.2) is 38.1 Å². The molecule has 1 aromatic carbocycles. The van der Waals surface area contributed by atoms with Gasteiger partial charge in [0.25, 0.3) is 5.56 Å². The van der Waals surface area contributed by atoms with Gasteiger partial charge in [0, 0.05) is 42.9 Å². The quantitative estimate of drug-likeness (QED) is 0.583. The lowest BCUT2D eigenvalue weighted by molar-refractivity contribution is -0.117. The number of aromatic nitrogens is 3. The first-order valence-corrected chi connectivity index (χ1v) is 10.6. The molecule has 2 N–H and O–H groups in total. The monoisotopic (exact) mass is 458 g/mol. The molecule has 0 aliphatic heterocycles. The number of carbonyl (C=O) groups is 1. The normalized spacial score (nSPS) is 17.0. The van der Waals surface area contributed by atoms with Gasteiger partial charge in [0.15, 0.2) is 0 Å². The third-order valence-corrected chi connectivity index (χ3v) is 6.05. The zero-order valence-corrected chi connectivity index (χ0v) is 18.0. The van der Waals surface area contributed by atoms with Gasteiger partial charge in [-0.3, -0.25) is 9.59 Å². The fourth-order valence-electron chi connectivity index (χ4n) is 3.69. The van der Waals surface area contributed by atoms with Crippen molar-refractivity contribution in [3.63, 3.8) is 0 Å². The molecule has 0 spiro atoms. The fourth-order valence-corrected chi connectivity index (χ4v) is 4.00. The van der Waals surface area contributed by atoms with Crippen molar-refractivity contribution in [1.29, 1.82) is 0 Å². The van der Waals surface area contributed by atoms with Crippen molar-refractivity contribution in [3.8, 4) is 11.3 Å². The van der Waals surface area contributed by atoms with E-state index in [9.17, 15) is 14.7 Å². The molecule has 1 aliphatic carbocycles. The van der Waals surface area contributed by atoms with Crippen molar-refractivity contribution in [1.82, 2.24) is 14.5 Å². The highest BCUT2D eigenvalue weighted by molar-refractivity contribution is 6.42. The van der Waals surface area contributed by atoms with Gasteiger partial charge in [0.1, 0.15) is 5.78 Å². The lowest BCUT2D eigenvalue weighted by Gasteiger charge is -2.19. The van der Waals surface area contributed by atoms with Gasteiger partial charge in [-0.1, -0.05) is 29.3 Å². The molecule has 2 atom stereocenters. The Hall–Kier alpha value is -2.74. The number of nitrogens with zero attached hydrogens (tertiary/aromatic N) is 3. The number of Topliss-reactive ketones (excluding diaryl/α,β-unsaturated/α-hetero) is 1. The SMILES string of the molecule is O=C1CC[C@H](Nc2nccc(-c3ccn([C@H](CO)c4ccc(Cl)c(Cl)c4)c(=O)c3)n2)C1. The Morgan fingerprint density at radius 1 is 1.16 bits per heavy atom. The first kappa shape index (κ1) is 21.5. The summed E-state index contributed by atoms with van der Waals surface area (Å²) in [5, 5.41) is 13.8. The lowest BCUT2D eigenvalue weighted by atomic mass is 10.1. The zero-order valence-electron chi connectivity index (χ0n) is 16.5.